The van der Waals surface area contributed by atoms with Gasteiger partial charge >= 0.3 is 6.09 Å². The number of para-hydroxylation sites is 1. The van der Waals surface area contributed by atoms with Crippen molar-refractivity contribution in [3.63, 3.8) is 0 Å². The molecule has 0 radical (unpaired) electrons. The second-order valence-corrected chi connectivity index (χ2v) is 10.1. The number of hydrogen-bond donors (Lipinski definition) is 2. The Morgan fingerprint density at radius 1 is 1.05 bits per heavy atom. The second-order valence-electron chi connectivity index (χ2n) is 9.68. The molecule has 1 aliphatic rings. The highest BCUT2D eigenvalue weighted by molar-refractivity contribution is 6.33. The number of ether oxygens (including phenoxy) is 2. The van der Waals surface area contributed by atoms with Crippen LogP contribution in [0.15, 0.2) is 60.9 Å². The Morgan fingerprint density at radius 2 is 1.85 bits per heavy atom. The van der Waals surface area contributed by atoms with E-state index in [9.17, 15) is 4.79 Å². The summed E-state index contributed by atoms with van der Waals surface area (Å²) in [4.78, 5) is 26.3. The van der Waals surface area contributed by atoms with Crippen LogP contribution in [-0.2, 0) is 7.05 Å². The zero-order valence-electron chi connectivity index (χ0n) is 22.9. The molecule has 0 aliphatic carbocycles. The maximum atomic E-state index is 12.5. The first-order valence-corrected chi connectivity index (χ1v) is 13.3. The van der Waals surface area contributed by atoms with E-state index in [0.29, 0.717) is 33.9 Å². The number of halogens is 1. The average molecular weight is 562 g/mol. The molecule has 2 N–H and O–H groups in total. The van der Waals surface area contributed by atoms with Gasteiger partial charge in [0.15, 0.2) is 5.75 Å². The van der Waals surface area contributed by atoms with Gasteiger partial charge in [-0.2, -0.15) is 0 Å². The number of nitrogens with zero attached hydrogens (tertiary/aromatic N) is 5. The third-order valence-electron chi connectivity index (χ3n) is 6.86. The molecule has 0 bridgehead atoms. The highest BCUT2D eigenvalue weighted by Crippen LogP contribution is 2.33. The van der Waals surface area contributed by atoms with Crippen molar-refractivity contribution < 1.29 is 14.3 Å². The Labute approximate surface area is 238 Å². The lowest BCUT2D eigenvalue weighted by molar-refractivity contribution is 0.215. The number of carbonyl (C=O) groups excluding carboxylic acids is 1. The van der Waals surface area contributed by atoms with Crippen molar-refractivity contribution >= 4 is 40.7 Å². The van der Waals surface area contributed by atoms with E-state index in [2.05, 4.69) is 38.5 Å². The van der Waals surface area contributed by atoms with Crippen LogP contribution in [0, 0.1) is 6.92 Å². The Hall–Kier alpha value is -4.28. The van der Waals surface area contributed by atoms with Gasteiger partial charge < -0.3 is 29.2 Å². The van der Waals surface area contributed by atoms with Gasteiger partial charge in [0.2, 0.25) is 5.95 Å². The molecule has 5 rings (SSSR count). The molecule has 1 aliphatic heterocycles. The van der Waals surface area contributed by atoms with Crippen LogP contribution < -0.4 is 25.0 Å². The topological polar surface area (TPSA) is 96.8 Å². The molecule has 208 valence electrons. The van der Waals surface area contributed by atoms with Crippen LogP contribution in [0.25, 0.3) is 11.4 Å². The van der Waals surface area contributed by atoms with Gasteiger partial charge in [-0.1, -0.05) is 23.7 Å². The molecule has 0 saturated carbocycles. The van der Waals surface area contributed by atoms with Crippen LogP contribution in [0.1, 0.15) is 5.56 Å². The van der Waals surface area contributed by atoms with E-state index < -0.39 is 6.09 Å². The molecule has 0 spiro atoms. The van der Waals surface area contributed by atoms with Gasteiger partial charge in [-0.25, -0.2) is 14.8 Å². The minimum atomic E-state index is -0.634. The van der Waals surface area contributed by atoms with E-state index in [-0.39, 0.29) is 0 Å². The molecule has 1 saturated heterocycles. The molecule has 10 nitrogen and oxygen atoms in total. The number of aromatic nitrogens is 3. The molecule has 0 atom stereocenters. The van der Waals surface area contributed by atoms with Crippen LogP contribution in [0.2, 0.25) is 5.02 Å². The van der Waals surface area contributed by atoms with E-state index in [0.717, 1.165) is 48.8 Å². The minimum Gasteiger partial charge on any atom is -0.494 e. The van der Waals surface area contributed by atoms with Crippen molar-refractivity contribution in [1.29, 1.82) is 0 Å². The van der Waals surface area contributed by atoms with E-state index in [1.807, 2.05) is 42.8 Å². The molecule has 40 heavy (non-hydrogen) atoms. The predicted octanol–water partition coefficient (Wildman–Crippen LogP) is 5.56. The Balaban J connectivity index is 1.30. The van der Waals surface area contributed by atoms with Gasteiger partial charge in [0.1, 0.15) is 5.75 Å². The Morgan fingerprint density at radius 3 is 2.60 bits per heavy atom. The highest BCUT2D eigenvalue weighted by Gasteiger charge is 2.17. The first kappa shape index (κ1) is 27.3. The molecule has 1 fully saturated rings. The van der Waals surface area contributed by atoms with Crippen molar-refractivity contribution in [2.24, 2.45) is 7.05 Å². The molecule has 11 heteroatoms. The lowest BCUT2D eigenvalue weighted by atomic mass is 10.2. The van der Waals surface area contributed by atoms with Crippen LogP contribution >= 0.6 is 11.6 Å². The maximum absolute atomic E-state index is 12.5. The van der Waals surface area contributed by atoms with Crippen LogP contribution in [0.5, 0.6) is 11.5 Å². The van der Waals surface area contributed by atoms with E-state index in [1.165, 1.54) is 0 Å². The van der Waals surface area contributed by atoms with Crippen LogP contribution in [0.4, 0.5) is 27.8 Å². The molecule has 3 heterocycles. The van der Waals surface area contributed by atoms with E-state index >= 15 is 0 Å². The van der Waals surface area contributed by atoms with Crippen molar-refractivity contribution in [1.82, 2.24) is 19.4 Å². The van der Waals surface area contributed by atoms with E-state index in [1.54, 1.807) is 37.7 Å². The third-order valence-corrected chi connectivity index (χ3v) is 7.17. The smallest absolute Gasteiger partial charge is 0.417 e. The number of hydrogen-bond acceptors (Lipinski definition) is 8. The lowest BCUT2D eigenvalue weighted by Gasteiger charge is -2.34. The number of amides is 1. The molecule has 4 aromatic rings. The quantitative estimate of drug-likeness (QED) is 0.303. The number of aryl methyl sites for hydroxylation is 2. The number of nitrogens with one attached hydrogen (secondary N) is 2. The normalized spacial score (nSPS) is 13.7. The first-order chi connectivity index (χ1) is 19.3. The standard InChI is InChI=1S/C29H32ClN7O3/c1-19-6-5-7-22(30)27(19)34-29(38)40-21-17-25(36(3)18-21)23-10-11-31-28(32-23)33-24-9-8-20(16-26(24)39-4)37-14-12-35(2)13-15-37/h5-11,16-18H,12-15H2,1-4H3,(H,34,38)(H,31,32,33). The number of anilines is 4. The van der Waals surface area contributed by atoms with Crippen molar-refractivity contribution in [2.75, 3.05) is 55.9 Å². The number of rotatable bonds is 7. The first-order valence-electron chi connectivity index (χ1n) is 12.9. The van der Waals surface area contributed by atoms with Gasteiger partial charge in [-0.15, -0.1) is 0 Å². The van der Waals surface area contributed by atoms with Gasteiger partial charge in [-0.05, 0) is 43.8 Å². The van der Waals surface area contributed by atoms with Crippen molar-refractivity contribution in [2.45, 2.75) is 6.92 Å². The van der Waals surface area contributed by atoms with Crippen molar-refractivity contribution in [3.05, 3.63) is 71.5 Å². The fourth-order valence-electron chi connectivity index (χ4n) is 4.60. The molecule has 0 unspecified atom stereocenters. The van der Waals surface area contributed by atoms with Gasteiger partial charge in [0, 0.05) is 63.4 Å². The monoisotopic (exact) mass is 561 g/mol. The van der Waals surface area contributed by atoms with Crippen LogP contribution in [-0.4, -0.2) is 65.9 Å². The van der Waals surface area contributed by atoms with Crippen molar-refractivity contribution in [3.8, 4) is 22.9 Å². The van der Waals surface area contributed by atoms with E-state index in [4.69, 9.17) is 26.1 Å². The number of carbonyl (C=O) groups is 1. The summed E-state index contributed by atoms with van der Waals surface area (Å²) >= 11 is 6.22. The maximum Gasteiger partial charge on any atom is 0.417 e. The summed E-state index contributed by atoms with van der Waals surface area (Å²) in [6.45, 7) is 5.87. The van der Waals surface area contributed by atoms with Gasteiger partial charge in [0.05, 0.1) is 34.9 Å². The molecular weight excluding hydrogens is 530 g/mol. The Bertz CT molecular complexity index is 1500. The molecule has 2 aromatic carbocycles. The summed E-state index contributed by atoms with van der Waals surface area (Å²) in [5.74, 6) is 1.49. The Kier molecular flexibility index (Phi) is 8.09. The average Bonchev–Trinajstić information content (AvgIpc) is 3.31. The molecule has 1 amide bonds. The third kappa shape index (κ3) is 6.13. The number of benzene rings is 2. The minimum absolute atomic E-state index is 0.369. The van der Waals surface area contributed by atoms with Gasteiger partial charge in [0.25, 0.3) is 0 Å². The van der Waals surface area contributed by atoms with Crippen LogP contribution in [0.3, 0.4) is 0 Å². The van der Waals surface area contributed by atoms with Gasteiger partial charge in [-0.3, -0.25) is 5.32 Å². The number of likely N-dealkylation sites (N-methyl/N-ethyl adjacent to an activating group) is 1. The second kappa shape index (κ2) is 11.8. The summed E-state index contributed by atoms with van der Waals surface area (Å²) in [5, 5.41) is 6.43. The zero-order valence-corrected chi connectivity index (χ0v) is 23.7. The zero-order chi connectivity index (χ0) is 28.2. The lowest BCUT2D eigenvalue weighted by Crippen LogP contribution is -2.44. The summed E-state index contributed by atoms with van der Waals surface area (Å²) < 4.78 is 13.0. The summed E-state index contributed by atoms with van der Waals surface area (Å²) in [6, 6.07) is 15.0. The highest BCUT2D eigenvalue weighted by atomic mass is 35.5. The predicted molar refractivity (Wildman–Crippen MR) is 158 cm³/mol. The summed E-state index contributed by atoms with van der Waals surface area (Å²) in [7, 11) is 5.65. The number of methoxy groups -OCH3 is 1. The molecular formula is C29H32ClN7O3. The summed E-state index contributed by atoms with van der Waals surface area (Å²) in [6.07, 6.45) is 2.75. The molecule has 2 aromatic heterocycles. The SMILES string of the molecule is COc1cc(N2CCN(C)CC2)ccc1Nc1nccc(-c2cc(OC(=O)Nc3c(C)cccc3Cl)cn2C)n1. The summed E-state index contributed by atoms with van der Waals surface area (Å²) in [5.41, 5.74) is 4.65. The largest absolute Gasteiger partial charge is 0.494 e. The fraction of sp³-hybridized carbons (Fsp3) is 0.276. The number of piperazine rings is 1. The fourth-order valence-corrected chi connectivity index (χ4v) is 4.87.